The van der Waals surface area contributed by atoms with Crippen LogP contribution in [0.1, 0.15) is 43.5 Å². The number of benzene rings is 2. The van der Waals surface area contributed by atoms with Gasteiger partial charge in [0.2, 0.25) is 15.9 Å². The summed E-state index contributed by atoms with van der Waals surface area (Å²) in [5, 5.41) is 2.92. The van der Waals surface area contributed by atoms with Gasteiger partial charge in [-0.3, -0.25) is 9.10 Å². The summed E-state index contributed by atoms with van der Waals surface area (Å²) in [6.45, 7) is 7.39. The molecular formula is C22H30N2O4S. The number of aryl methyl sites for hydroxylation is 2. The molecule has 2 rings (SSSR count). The topological polar surface area (TPSA) is 75.7 Å². The average Bonchev–Trinajstić information content (AvgIpc) is 2.67. The third-order valence-electron chi connectivity index (χ3n) is 4.91. The molecule has 0 aromatic heterocycles. The molecule has 158 valence electrons. The van der Waals surface area contributed by atoms with Crippen molar-refractivity contribution in [1.82, 2.24) is 5.32 Å². The van der Waals surface area contributed by atoms with Gasteiger partial charge in [0, 0.05) is 0 Å². The predicted molar refractivity (Wildman–Crippen MR) is 117 cm³/mol. The highest BCUT2D eigenvalue weighted by Crippen LogP contribution is 2.32. The number of nitrogens with one attached hydrogen (secondary N) is 1. The molecule has 29 heavy (non-hydrogen) atoms. The second-order valence-corrected chi connectivity index (χ2v) is 9.09. The van der Waals surface area contributed by atoms with Crippen molar-refractivity contribution in [2.75, 3.05) is 17.7 Å². The Balaban J connectivity index is 2.30. The Kier molecular flexibility index (Phi) is 7.30. The number of amides is 1. The zero-order chi connectivity index (χ0) is 21.8. The molecule has 0 fully saturated rings. The Morgan fingerprint density at radius 1 is 1.14 bits per heavy atom. The minimum atomic E-state index is -3.73. The normalized spacial score (nSPS) is 13.4. The molecule has 0 spiro atoms. The number of rotatable bonds is 8. The van der Waals surface area contributed by atoms with Crippen molar-refractivity contribution in [3.8, 4) is 5.75 Å². The molecule has 0 bridgehead atoms. The molecule has 0 radical (unpaired) electrons. The first kappa shape index (κ1) is 22.7. The molecule has 2 atom stereocenters. The number of sulfonamides is 1. The van der Waals surface area contributed by atoms with Crippen LogP contribution >= 0.6 is 0 Å². The van der Waals surface area contributed by atoms with E-state index in [9.17, 15) is 13.2 Å². The van der Waals surface area contributed by atoms with E-state index in [-0.39, 0.29) is 11.9 Å². The summed E-state index contributed by atoms with van der Waals surface area (Å²) >= 11 is 0. The lowest BCUT2D eigenvalue weighted by Crippen LogP contribution is -2.48. The number of anilines is 1. The monoisotopic (exact) mass is 418 g/mol. The summed E-state index contributed by atoms with van der Waals surface area (Å²) in [5.74, 6) is 0.00919. The second-order valence-electron chi connectivity index (χ2n) is 7.24. The van der Waals surface area contributed by atoms with Crippen molar-refractivity contribution in [1.29, 1.82) is 0 Å². The van der Waals surface area contributed by atoms with Crippen molar-refractivity contribution in [3.63, 3.8) is 0 Å². The smallest absolute Gasteiger partial charge is 0.244 e. The van der Waals surface area contributed by atoms with E-state index >= 15 is 0 Å². The number of hydrogen-bond donors (Lipinski definition) is 1. The zero-order valence-corrected chi connectivity index (χ0v) is 18.7. The maximum Gasteiger partial charge on any atom is 0.244 e. The van der Waals surface area contributed by atoms with Gasteiger partial charge in [-0.2, -0.15) is 0 Å². The summed E-state index contributed by atoms with van der Waals surface area (Å²) < 4.78 is 31.6. The lowest BCUT2D eigenvalue weighted by atomic mass is 10.0. The number of ether oxygens (including phenoxy) is 1. The van der Waals surface area contributed by atoms with E-state index in [2.05, 4.69) is 12.2 Å². The Hall–Kier alpha value is -2.54. The van der Waals surface area contributed by atoms with E-state index in [4.69, 9.17) is 4.74 Å². The van der Waals surface area contributed by atoms with E-state index in [0.717, 1.165) is 28.1 Å². The zero-order valence-electron chi connectivity index (χ0n) is 17.9. The van der Waals surface area contributed by atoms with Crippen LogP contribution in [0.15, 0.2) is 42.5 Å². The molecule has 0 aliphatic carbocycles. The quantitative estimate of drug-likeness (QED) is 0.711. The van der Waals surface area contributed by atoms with E-state index in [1.807, 2.05) is 44.2 Å². The van der Waals surface area contributed by atoms with Crippen molar-refractivity contribution in [2.24, 2.45) is 0 Å². The number of hydrogen-bond acceptors (Lipinski definition) is 4. The number of carbonyl (C=O) groups excluding carboxylic acids is 1. The van der Waals surface area contributed by atoms with Gasteiger partial charge >= 0.3 is 0 Å². The number of methoxy groups -OCH3 is 1. The van der Waals surface area contributed by atoms with Gasteiger partial charge in [-0.1, -0.05) is 37.3 Å². The van der Waals surface area contributed by atoms with Crippen LogP contribution in [0.25, 0.3) is 0 Å². The lowest BCUT2D eigenvalue weighted by molar-refractivity contribution is -0.122. The molecule has 6 nitrogen and oxygen atoms in total. The maximum absolute atomic E-state index is 12.9. The molecule has 0 unspecified atom stereocenters. The molecule has 2 aromatic carbocycles. The molecular weight excluding hydrogens is 388 g/mol. The van der Waals surface area contributed by atoms with E-state index in [1.54, 1.807) is 19.1 Å². The first-order chi connectivity index (χ1) is 13.6. The summed E-state index contributed by atoms with van der Waals surface area (Å²) in [6, 6.07) is 12.1. The van der Waals surface area contributed by atoms with Crippen LogP contribution in [0.4, 0.5) is 5.69 Å². The molecule has 2 aromatic rings. The summed E-state index contributed by atoms with van der Waals surface area (Å²) in [6.07, 6.45) is 2.03. The summed E-state index contributed by atoms with van der Waals surface area (Å²) in [7, 11) is -2.25. The fourth-order valence-electron chi connectivity index (χ4n) is 3.21. The first-order valence-corrected chi connectivity index (χ1v) is 11.5. The highest BCUT2D eigenvalue weighted by atomic mass is 32.2. The van der Waals surface area contributed by atoms with Crippen molar-refractivity contribution >= 4 is 21.6 Å². The van der Waals surface area contributed by atoms with Crippen molar-refractivity contribution < 1.29 is 17.9 Å². The van der Waals surface area contributed by atoms with Gasteiger partial charge in [-0.25, -0.2) is 8.42 Å². The highest BCUT2D eigenvalue weighted by molar-refractivity contribution is 7.92. The Bertz CT molecular complexity index is 955. The van der Waals surface area contributed by atoms with Gasteiger partial charge in [0.05, 0.1) is 25.1 Å². The highest BCUT2D eigenvalue weighted by Gasteiger charge is 2.32. The van der Waals surface area contributed by atoms with Crippen LogP contribution < -0.4 is 14.4 Å². The van der Waals surface area contributed by atoms with Gasteiger partial charge < -0.3 is 10.1 Å². The predicted octanol–water partition coefficient (Wildman–Crippen LogP) is 3.60. The van der Waals surface area contributed by atoms with Crippen LogP contribution in [0.5, 0.6) is 5.75 Å². The number of nitrogens with zero attached hydrogens (tertiary/aromatic N) is 1. The van der Waals surface area contributed by atoms with Crippen LogP contribution in [0, 0.1) is 6.92 Å². The third kappa shape index (κ3) is 5.50. The lowest BCUT2D eigenvalue weighted by Gasteiger charge is -2.30. The van der Waals surface area contributed by atoms with Gasteiger partial charge in [-0.05, 0) is 56.0 Å². The minimum Gasteiger partial charge on any atom is -0.495 e. The van der Waals surface area contributed by atoms with Crippen LogP contribution in [-0.2, 0) is 21.2 Å². The van der Waals surface area contributed by atoms with E-state index in [1.165, 1.54) is 12.7 Å². The SMILES string of the molecule is CCc1ccc([C@H](C)NC(=O)[C@@H](C)N(c2cc(C)ccc2OC)S(C)(=O)=O)cc1. The van der Waals surface area contributed by atoms with E-state index < -0.39 is 16.1 Å². The van der Waals surface area contributed by atoms with Crippen LogP contribution in [0.2, 0.25) is 0 Å². The molecule has 0 saturated carbocycles. The molecule has 0 heterocycles. The Morgan fingerprint density at radius 3 is 2.28 bits per heavy atom. The summed E-state index contributed by atoms with van der Waals surface area (Å²) in [4.78, 5) is 12.9. The molecule has 0 aliphatic heterocycles. The molecule has 1 N–H and O–H groups in total. The van der Waals surface area contributed by atoms with Gasteiger partial charge in [0.15, 0.2) is 0 Å². The van der Waals surface area contributed by atoms with Crippen molar-refractivity contribution in [3.05, 3.63) is 59.2 Å². The largest absolute Gasteiger partial charge is 0.495 e. The number of carbonyl (C=O) groups is 1. The van der Waals surface area contributed by atoms with Gasteiger partial charge in [-0.15, -0.1) is 0 Å². The first-order valence-electron chi connectivity index (χ1n) is 9.61. The maximum atomic E-state index is 12.9. The van der Waals surface area contributed by atoms with Crippen LogP contribution in [-0.4, -0.2) is 33.7 Å². The Labute approximate surface area is 173 Å². The van der Waals surface area contributed by atoms with E-state index in [0.29, 0.717) is 11.4 Å². The average molecular weight is 419 g/mol. The minimum absolute atomic E-state index is 0.253. The van der Waals surface area contributed by atoms with Crippen LogP contribution in [0.3, 0.4) is 0 Å². The summed E-state index contributed by atoms with van der Waals surface area (Å²) in [5.41, 5.74) is 3.39. The molecule has 0 saturated heterocycles. The second kappa shape index (κ2) is 9.31. The van der Waals surface area contributed by atoms with Gasteiger partial charge in [0.25, 0.3) is 0 Å². The molecule has 0 aliphatic rings. The standard InChI is InChI=1S/C22H30N2O4S/c1-7-18-9-11-19(12-10-18)16(3)23-22(25)17(4)24(29(6,26)27)20-14-15(2)8-13-21(20)28-5/h8-14,16-17H,7H2,1-6H3,(H,23,25)/t16-,17+/m0/s1. The Morgan fingerprint density at radius 2 is 1.76 bits per heavy atom. The fraction of sp³-hybridized carbons (Fsp3) is 0.409. The molecule has 7 heteroatoms. The molecule has 1 amide bonds. The third-order valence-corrected chi connectivity index (χ3v) is 6.13. The fourth-order valence-corrected chi connectivity index (χ4v) is 4.38. The van der Waals surface area contributed by atoms with Gasteiger partial charge in [0.1, 0.15) is 11.8 Å². The van der Waals surface area contributed by atoms with Crippen molar-refractivity contribution in [2.45, 2.75) is 46.2 Å².